The van der Waals surface area contributed by atoms with Gasteiger partial charge in [-0.1, -0.05) is 0 Å². The minimum Gasteiger partial charge on any atom is -0.382 e. The minimum atomic E-state index is -0.352. The van der Waals surface area contributed by atoms with Crippen molar-refractivity contribution in [1.29, 1.82) is 0 Å². The molecule has 6 N–H and O–H groups in total. The van der Waals surface area contributed by atoms with Crippen LogP contribution >= 0.6 is 0 Å². The summed E-state index contributed by atoms with van der Waals surface area (Å²) in [5, 5.41) is 0. The van der Waals surface area contributed by atoms with Crippen molar-refractivity contribution < 1.29 is 4.79 Å². The molecule has 0 saturated carbocycles. The Hall–Kier alpha value is -2.31. The molecule has 0 aliphatic rings. The summed E-state index contributed by atoms with van der Waals surface area (Å²) >= 11 is 0. The van der Waals surface area contributed by atoms with Crippen LogP contribution in [0.2, 0.25) is 0 Å². The molecule has 2 aromatic heterocycles. The second kappa shape index (κ2) is 2.87. The lowest BCUT2D eigenvalue weighted by atomic mass is 10.2. The first-order valence-electron chi connectivity index (χ1n) is 3.82. The zero-order valence-electron chi connectivity index (χ0n) is 7.11. The molecule has 0 amide bonds. The Kier molecular flexibility index (Phi) is 1.70. The summed E-state index contributed by atoms with van der Waals surface area (Å²) in [7, 11) is 0. The van der Waals surface area contributed by atoms with E-state index in [9.17, 15) is 4.79 Å². The van der Waals surface area contributed by atoms with Gasteiger partial charge >= 0.3 is 0 Å². The molecule has 2 heterocycles. The van der Waals surface area contributed by atoms with Crippen LogP contribution in [-0.2, 0) is 0 Å². The average molecular weight is 192 g/mol. The Morgan fingerprint density at radius 1 is 1.07 bits per heavy atom. The third-order valence-electron chi connectivity index (χ3n) is 1.79. The zero-order valence-corrected chi connectivity index (χ0v) is 7.11. The highest BCUT2D eigenvalue weighted by molar-refractivity contribution is 6.11. The third-order valence-corrected chi connectivity index (χ3v) is 1.79. The van der Waals surface area contributed by atoms with Gasteiger partial charge in [-0.25, -0.2) is 9.97 Å². The molecular weight excluding hydrogens is 184 g/mol. The van der Waals surface area contributed by atoms with Crippen LogP contribution in [-0.4, -0.2) is 25.7 Å². The Balaban J connectivity index is 2.44. The van der Waals surface area contributed by atoms with E-state index in [1.807, 2.05) is 0 Å². The average Bonchev–Trinajstić information content (AvgIpc) is 2.73. The van der Waals surface area contributed by atoms with Crippen molar-refractivity contribution in [3.8, 4) is 0 Å². The maximum absolute atomic E-state index is 11.7. The van der Waals surface area contributed by atoms with E-state index in [0.29, 0.717) is 0 Å². The maximum atomic E-state index is 11.7. The Bertz CT molecular complexity index is 428. The van der Waals surface area contributed by atoms with Crippen LogP contribution in [0.25, 0.3) is 0 Å². The third kappa shape index (κ3) is 1.11. The summed E-state index contributed by atoms with van der Waals surface area (Å²) in [6.07, 6.45) is 2.68. The summed E-state index contributed by atoms with van der Waals surface area (Å²) in [6, 6.07) is 0. The van der Waals surface area contributed by atoms with E-state index < -0.39 is 0 Å². The number of ketones is 1. The summed E-state index contributed by atoms with van der Waals surface area (Å²) in [4.78, 5) is 24.4. The summed E-state index contributed by atoms with van der Waals surface area (Å²) in [5.41, 5.74) is 11.3. The lowest BCUT2D eigenvalue weighted by Gasteiger charge is -1.96. The molecule has 0 aliphatic heterocycles. The van der Waals surface area contributed by atoms with E-state index in [2.05, 4.69) is 19.9 Å². The number of carbonyl (C=O) groups is 1. The van der Waals surface area contributed by atoms with E-state index in [0.717, 1.165) is 0 Å². The van der Waals surface area contributed by atoms with E-state index in [1.165, 1.54) is 12.7 Å². The molecule has 7 nitrogen and oxygen atoms in total. The van der Waals surface area contributed by atoms with Crippen LogP contribution in [0.4, 0.5) is 11.6 Å². The fraction of sp³-hybridized carbons (Fsp3) is 0. The standard InChI is InChI=1S/C7H8N6O/c8-6-3(10-1-12-6)5(14)4-7(9)13-2-11-4/h1-2H,8-9H2,(H,10,12)(H,11,13). The molecule has 0 bridgehead atoms. The second-order valence-electron chi connectivity index (χ2n) is 2.65. The monoisotopic (exact) mass is 192 g/mol. The van der Waals surface area contributed by atoms with Crippen LogP contribution < -0.4 is 11.5 Å². The second-order valence-corrected chi connectivity index (χ2v) is 2.65. The number of nitrogen functional groups attached to an aromatic ring is 2. The summed E-state index contributed by atoms with van der Waals surface area (Å²) in [6.45, 7) is 0. The fourth-order valence-corrected chi connectivity index (χ4v) is 1.10. The smallest absolute Gasteiger partial charge is 0.232 e. The highest BCUT2D eigenvalue weighted by Crippen LogP contribution is 2.13. The number of imidazole rings is 2. The van der Waals surface area contributed by atoms with Crippen molar-refractivity contribution in [3.63, 3.8) is 0 Å². The molecule has 0 fully saturated rings. The molecular formula is C7H8N6O. The van der Waals surface area contributed by atoms with E-state index >= 15 is 0 Å². The SMILES string of the molecule is Nc1nc[nH]c1C(=O)c1[nH]cnc1N. The van der Waals surface area contributed by atoms with Gasteiger partial charge in [0.15, 0.2) is 11.6 Å². The predicted octanol–water partition coefficient (Wildman–Crippen LogP) is -0.472. The molecule has 0 aliphatic carbocycles. The van der Waals surface area contributed by atoms with Crippen molar-refractivity contribution in [2.24, 2.45) is 0 Å². The van der Waals surface area contributed by atoms with Crippen molar-refractivity contribution in [3.05, 3.63) is 24.0 Å². The molecule has 7 heteroatoms. The molecule has 2 aromatic rings. The van der Waals surface area contributed by atoms with Crippen molar-refractivity contribution in [2.75, 3.05) is 11.5 Å². The first kappa shape index (κ1) is 8.30. The lowest BCUT2D eigenvalue weighted by Crippen LogP contribution is -2.08. The normalized spacial score (nSPS) is 10.3. The largest absolute Gasteiger partial charge is 0.382 e. The quantitative estimate of drug-likeness (QED) is 0.478. The molecule has 14 heavy (non-hydrogen) atoms. The number of hydrogen-bond acceptors (Lipinski definition) is 5. The molecule has 0 aromatic carbocycles. The van der Waals surface area contributed by atoms with Gasteiger partial charge in [-0.2, -0.15) is 0 Å². The van der Waals surface area contributed by atoms with E-state index in [-0.39, 0.29) is 28.8 Å². The van der Waals surface area contributed by atoms with Gasteiger partial charge < -0.3 is 21.4 Å². The Labute approximate surface area is 78.6 Å². The number of hydrogen-bond donors (Lipinski definition) is 4. The topological polar surface area (TPSA) is 126 Å². The number of aromatic amines is 2. The number of nitrogens with zero attached hydrogens (tertiary/aromatic N) is 2. The molecule has 0 radical (unpaired) electrons. The molecule has 72 valence electrons. The number of rotatable bonds is 2. The van der Waals surface area contributed by atoms with Crippen molar-refractivity contribution >= 4 is 17.4 Å². The van der Waals surface area contributed by atoms with Crippen LogP contribution in [0.15, 0.2) is 12.7 Å². The first-order valence-corrected chi connectivity index (χ1v) is 3.82. The van der Waals surface area contributed by atoms with Gasteiger partial charge in [-0.3, -0.25) is 4.79 Å². The highest BCUT2D eigenvalue weighted by Gasteiger charge is 2.18. The van der Waals surface area contributed by atoms with Gasteiger partial charge in [0.2, 0.25) is 5.78 Å². The van der Waals surface area contributed by atoms with Gasteiger partial charge in [-0.05, 0) is 0 Å². The predicted molar refractivity (Wildman–Crippen MR) is 49.4 cm³/mol. The number of H-pyrrole nitrogens is 2. The molecule has 0 unspecified atom stereocenters. The Morgan fingerprint density at radius 3 is 1.79 bits per heavy atom. The molecule has 0 saturated heterocycles. The maximum Gasteiger partial charge on any atom is 0.232 e. The van der Waals surface area contributed by atoms with Crippen LogP contribution in [0.1, 0.15) is 16.2 Å². The number of nitrogens with one attached hydrogen (secondary N) is 2. The first-order chi connectivity index (χ1) is 6.70. The van der Waals surface area contributed by atoms with Gasteiger partial charge in [0.1, 0.15) is 11.4 Å². The van der Waals surface area contributed by atoms with Gasteiger partial charge in [0.25, 0.3) is 0 Å². The lowest BCUT2D eigenvalue weighted by molar-refractivity contribution is 0.103. The molecule has 2 rings (SSSR count). The molecule has 0 spiro atoms. The van der Waals surface area contributed by atoms with Crippen LogP contribution in [0, 0.1) is 0 Å². The van der Waals surface area contributed by atoms with Crippen molar-refractivity contribution in [1.82, 2.24) is 19.9 Å². The minimum absolute atomic E-state index is 0.143. The fourth-order valence-electron chi connectivity index (χ4n) is 1.10. The van der Waals surface area contributed by atoms with Gasteiger partial charge in [0.05, 0.1) is 12.7 Å². The van der Waals surface area contributed by atoms with Crippen LogP contribution in [0.5, 0.6) is 0 Å². The van der Waals surface area contributed by atoms with Gasteiger partial charge in [0, 0.05) is 0 Å². The summed E-state index contributed by atoms with van der Waals surface area (Å²) in [5.74, 6) is -0.0667. The number of aromatic nitrogens is 4. The number of anilines is 2. The zero-order chi connectivity index (χ0) is 10.1. The summed E-state index contributed by atoms with van der Waals surface area (Å²) < 4.78 is 0. The highest BCUT2D eigenvalue weighted by atomic mass is 16.1. The Morgan fingerprint density at radius 2 is 1.50 bits per heavy atom. The number of carbonyl (C=O) groups excluding carboxylic acids is 1. The van der Waals surface area contributed by atoms with Gasteiger partial charge in [-0.15, -0.1) is 0 Å². The number of nitrogens with two attached hydrogens (primary N) is 2. The van der Waals surface area contributed by atoms with Crippen LogP contribution in [0.3, 0.4) is 0 Å². The van der Waals surface area contributed by atoms with E-state index in [1.54, 1.807) is 0 Å². The van der Waals surface area contributed by atoms with E-state index in [4.69, 9.17) is 11.5 Å². The van der Waals surface area contributed by atoms with Crippen molar-refractivity contribution in [2.45, 2.75) is 0 Å². The molecule has 0 atom stereocenters.